The number of aliphatic hydroxyl groups excluding tert-OH is 2. The minimum absolute atomic E-state index is 0.118. The second-order valence-corrected chi connectivity index (χ2v) is 5.97. The van der Waals surface area contributed by atoms with Gasteiger partial charge in [0.2, 0.25) is 0 Å². The smallest absolute Gasteiger partial charge is 0.254 e. The number of nitrogens with zero attached hydrogens (tertiary/aromatic N) is 1. The SMILES string of the molecule is O=C1c2ccc(CC(O)CO)cc2CN1C1CCCNC1. The van der Waals surface area contributed by atoms with Crippen molar-refractivity contribution in [1.82, 2.24) is 10.2 Å². The number of rotatable bonds is 4. The highest BCUT2D eigenvalue weighted by molar-refractivity contribution is 5.98. The third-order valence-corrected chi connectivity index (χ3v) is 4.40. The molecule has 2 heterocycles. The van der Waals surface area contributed by atoms with Gasteiger partial charge in [-0.15, -0.1) is 0 Å². The summed E-state index contributed by atoms with van der Waals surface area (Å²) in [6.45, 7) is 2.32. The van der Waals surface area contributed by atoms with Gasteiger partial charge in [0.1, 0.15) is 0 Å². The molecule has 2 aliphatic rings. The molecule has 0 aliphatic carbocycles. The lowest BCUT2D eigenvalue weighted by Crippen LogP contribution is -2.46. The summed E-state index contributed by atoms with van der Waals surface area (Å²) >= 11 is 0. The molecule has 2 atom stereocenters. The molecule has 5 heteroatoms. The van der Waals surface area contributed by atoms with Crippen molar-refractivity contribution in [3.63, 3.8) is 0 Å². The fraction of sp³-hybridized carbons (Fsp3) is 0.562. The van der Waals surface area contributed by atoms with E-state index in [1.807, 2.05) is 23.1 Å². The van der Waals surface area contributed by atoms with Crippen molar-refractivity contribution in [1.29, 1.82) is 0 Å². The first kappa shape index (κ1) is 14.5. The summed E-state index contributed by atoms with van der Waals surface area (Å²) in [4.78, 5) is 14.5. The summed E-state index contributed by atoms with van der Waals surface area (Å²) < 4.78 is 0. The van der Waals surface area contributed by atoms with Gasteiger partial charge in [-0.2, -0.15) is 0 Å². The maximum absolute atomic E-state index is 12.5. The Bertz CT molecular complexity index is 526. The lowest BCUT2D eigenvalue weighted by Gasteiger charge is -2.31. The van der Waals surface area contributed by atoms with Crippen LogP contribution in [0.4, 0.5) is 0 Å². The van der Waals surface area contributed by atoms with Crippen molar-refractivity contribution in [3.8, 4) is 0 Å². The highest BCUT2D eigenvalue weighted by Gasteiger charge is 2.33. The van der Waals surface area contributed by atoms with E-state index in [4.69, 9.17) is 5.11 Å². The standard InChI is InChI=1S/C16H22N2O3/c19-10-14(20)7-11-3-4-15-12(6-11)9-18(16(15)21)13-2-1-5-17-8-13/h3-4,6,13-14,17,19-20H,1-2,5,7-10H2. The zero-order valence-corrected chi connectivity index (χ0v) is 12.1. The molecule has 1 aromatic rings. The molecule has 3 rings (SSSR count). The van der Waals surface area contributed by atoms with E-state index in [-0.39, 0.29) is 18.6 Å². The van der Waals surface area contributed by atoms with Crippen molar-refractivity contribution in [2.24, 2.45) is 0 Å². The lowest BCUT2D eigenvalue weighted by molar-refractivity contribution is 0.0674. The monoisotopic (exact) mass is 290 g/mol. The maximum Gasteiger partial charge on any atom is 0.254 e. The number of piperidine rings is 1. The highest BCUT2D eigenvalue weighted by atomic mass is 16.3. The Morgan fingerprint density at radius 1 is 1.43 bits per heavy atom. The molecule has 1 fully saturated rings. The minimum Gasteiger partial charge on any atom is -0.394 e. The number of aliphatic hydroxyl groups is 2. The Morgan fingerprint density at radius 3 is 3.00 bits per heavy atom. The van der Waals surface area contributed by atoms with Gasteiger partial charge in [-0.05, 0) is 36.6 Å². The third-order valence-electron chi connectivity index (χ3n) is 4.40. The van der Waals surface area contributed by atoms with Gasteiger partial charge in [0.05, 0.1) is 12.7 Å². The van der Waals surface area contributed by atoms with Crippen LogP contribution in [0.15, 0.2) is 18.2 Å². The molecule has 0 saturated carbocycles. The number of hydrogen-bond donors (Lipinski definition) is 3. The van der Waals surface area contributed by atoms with Crippen LogP contribution in [0.1, 0.15) is 34.3 Å². The molecule has 0 radical (unpaired) electrons. The van der Waals surface area contributed by atoms with Crippen LogP contribution >= 0.6 is 0 Å². The molecular formula is C16H22N2O3. The number of benzene rings is 1. The van der Waals surface area contributed by atoms with E-state index in [9.17, 15) is 9.90 Å². The van der Waals surface area contributed by atoms with Crippen LogP contribution in [-0.2, 0) is 13.0 Å². The fourth-order valence-electron chi connectivity index (χ4n) is 3.25. The van der Waals surface area contributed by atoms with E-state index in [1.165, 1.54) is 0 Å². The number of amides is 1. The molecule has 21 heavy (non-hydrogen) atoms. The molecule has 1 saturated heterocycles. The van der Waals surface area contributed by atoms with Gasteiger partial charge in [-0.1, -0.05) is 12.1 Å². The van der Waals surface area contributed by atoms with Crippen LogP contribution in [0.5, 0.6) is 0 Å². The Balaban J connectivity index is 1.75. The van der Waals surface area contributed by atoms with E-state index in [0.717, 1.165) is 42.6 Å². The van der Waals surface area contributed by atoms with Crippen LogP contribution in [0.3, 0.4) is 0 Å². The molecule has 1 amide bonds. The van der Waals surface area contributed by atoms with E-state index in [1.54, 1.807) is 0 Å². The Morgan fingerprint density at radius 2 is 2.29 bits per heavy atom. The lowest BCUT2D eigenvalue weighted by atomic mass is 10.0. The number of fused-ring (bicyclic) bond motifs is 1. The maximum atomic E-state index is 12.5. The minimum atomic E-state index is -0.737. The zero-order valence-electron chi connectivity index (χ0n) is 12.1. The normalized spacial score (nSPS) is 23.2. The second-order valence-electron chi connectivity index (χ2n) is 5.97. The average Bonchev–Trinajstić information content (AvgIpc) is 2.84. The van der Waals surface area contributed by atoms with Gasteiger partial charge in [-0.3, -0.25) is 4.79 Å². The van der Waals surface area contributed by atoms with E-state index in [0.29, 0.717) is 13.0 Å². The topological polar surface area (TPSA) is 72.8 Å². The van der Waals surface area contributed by atoms with Crippen molar-refractivity contribution in [2.75, 3.05) is 19.7 Å². The molecule has 2 aliphatic heterocycles. The number of carbonyl (C=O) groups is 1. The Kier molecular flexibility index (Phi) is 4.24. The molecule has 5 nitrogen and oxygen atoms in total. The molecule has 0 bridgehead atoms. The third kappa shape index (κ3) is 2.95. The largest absolute Gasteiger partial charge is 0.394 e. The first-order valence-electron chi connectivity index (χ1n) is 7.61. The summed E-state index contributed by atoms with van der Waals surface area (Å²) in [5, 5.41) is 21.8. The molecule has 0 aromatic heterocycles. The highest BCUT2D eigenvalue weighted by Crippen LogP contribution is 2.27. The van der Waals surface area contributed by atoms with Crippen molar-refractivity contribution in [3.05, 3.63) is 34.9 Å². The van der Waals surface area contributed by atoms with Crippen molar-refractivity contribution < 1.29 is 15.0 Å². The van der Waals surface area contributed by atoms with E-state index >= 15 is 0 Å². The van der Waals surface area contributed by atoms with Crippen LogP contribution in [0.2, 0.25) is 0 Å². The summed E-state index contributed by atoms with van der Waals surface area (Å²) in [6, 6.07) is 6.00. The molecule has 114 valence electrons. The zero-order chi connectivity index (χ0) is 14.8. The number of nitrogens with one attached hydrogen (secondary N) is 1. The van der Waals surface area contributed by atoms with E-state index in [2.05, 4.69) is 5.32 Å². The van der Waals surface area contributed by atoms with E-state index < -0.39 is 6.10 Å². The molecule has 2 unspecified atom stereocenters. The average molecular weight is 290 g/mol. The number of hydrogen-bond acceptors (Lipinski definition) is 4. The Hall–Kier alpha value is -1.43. The summed E-state index contributed by atoms with van der Waals surface area (Å²) in [5.41, 5.74) is 2.78. The second kappa shape index (κ2) is 6.13. The van der Waals surface area contributed by atoms with Gasteiger partial charge < -0.3 is 20.4 Å². The van der Waals surface area contributed by atoms with Gasteiger partial charge in [0.15, 0.2) is 0 Å². The Labute approximate surface area is 124 Å². The molecule has 0 spiro atoms. The van der Waals surface area contributed by atoms with Gasteiger partial charge in [-0.25, -0.2) is 0 Å². The first-order valence-corrected chi connectivity index (χ1v) is 7.61. The summed E-state index contributed by atoms with van der Waals surface area (Å²) in [5.74, 6) is 0.118. The quantitative estimate of drug-likeness (QED) is 0.745. The molecule has 3 N–H and O–H groups in total. The number of carbonyl (C=O) groups excluding carboxylic acids is 1. The van der Waals surface area contributed by atoms with Crippen LogP contribution < -0.4 is 5.32 Å². The van der Waals surface area contributed by atoms with Crippen molar-refractivity contribution >= 4 is 5.91 Å². The van der Waals surface area contributed by atoms with Gasteiger partial charge >= 0.3 is 0 Å². The predicted octanol–water partition coefficient (Wildman–Crippen LogP) is 0.290. The molecular weight excluding hydrogens is 268 g/mol. The predicted molar refractivity (Wildman–Crippen MR) is 79.0 cm³/mol. The first-order chi connectivity index (χ1) is 10.2. The van der Waals surface area contributed by atoms with Gasteiger partial charge in [0.25, 0.3) is 5.91 Å². The fourth-order valence-corrected chi connectivity index (χ4v) is 3.25. The van der Waals surface area contributed by atoms with Gasteiger partial charge in [0, 0.05) is 31.1 Å². The van der Waals surface area contributed by atoms with Crippen molar-refractivity contribution in [2.45, 2.75) is 38.0 Å². The van der Waals surface area contributed by atoms with Crippen LogP contribution in [-0.4, -0.2) is 52.9 Å². The van der Waals surface area contributed by atoms with Crippen LogP contribution in [0.25, 0.3) is 0 Å². The van der Waals surface area contributed by atoms with Crippen LogP contribution in [0, 0.1) is 0 Å². The summed E-state index contributed by atoms with van der Waals surface area (Å²) in [7, 11) is 0. The summed E-state index contributed by atoms with van der Waals surface area (Å²) in [6.07, 6.45) is 1.85. The molecule has 1 aromatic carbocycles.